The van der Waals surface area contributed by atoms with E-state index in [2.05, 4.69) is 15.9 Å². The van der Waals surface area contributed by atoms with Crippen molar-refractivity contribution in [1.29, 1.82) is 0 Å². The van der Waals surface area contributed by atoms with Crippen molar-refractivity contribution in [3.63, 3.8) is 0 Å². The summed E-state index contributed by atoms with van der Waals surface area (Å²) in [5.74, 6) is 0.836. The molecule has 4 N–H and O–H groups in total. The predicted octanol–water partition coefficient (Wildman–Crippen LogP) is 2.20. The molecule has 1 aromatic rings. The van der Waals surface area contributed by atoms with E-state index in [9.17, 15) is 0 Å². The average Bonchev–Trinajstić information content (AvgIpc) is 2.25. The maximum Gasteiger partial charge on any atom is 0.123 e. The summed E-state index contributed by atoms with van der Waals surface area (Å²) in [7, 11) is 1.66. The van der Waals surface area contributed by atoms with Gasteiger partial charge in [-0.3, -0.25) is 0 Å². The zero-order valence-electron chi connectivity index (χ0n) is 8.87. The third-order valence-electron chi connectivity index (χ3n) is 2.31. The molecule has 0 aliphatic heterocycles. The molecule has 1 rings (SSSR count). The van der Waals surface area contributed by atoms with Crippen LogP contribution < -0.4 is 16.2 Å². The van der Waals surface area contributed by atoms with Gasteiger partial charge in [0.15, 0.2) is 0 Å². The molecule has 0 aliphatic rings. The molecule has 0 bridgehead atoms. The lowest BCUT2D eigenvalue weighted by Crippen LogP contribution is -2.13. The molecular formula is C11H17BrN2O. The lowest BCUT2D eigenvalue weighted by atomic mass is 10.0. The number of hydrogen-bond donors (Lipinski definition) is 2. The highest BCUT2D eigenvalue weighted by Crippen LogP contribution is 2.29. The Bertz CT molecular complexity index is 317. The van der Waals surface area contributed by atoms with Gasteiger partial charge in [-0.2, -0.15) is 0 Å². The van der Waals surface area contributed by atoms with E-state index in [1.165, 1.54) is 0 Å². The molecule has 0 radical (unpaired) electrons. The fourth-order valence-electron chi connectivity index (χ4n) is 1.49. The highest BCUT2D eigenvalue weighted by atomic mass is 79.9. The first-order valence-electron chi connectivity index (χ1n) is 4.98. The van der Waals surface area contributed by atoms with Crippen LogP contribution in [0.3, 0.4) is 0 Å². The van der Waals surface area contributed by atoms with Crippen LogP contribution in [0.15, 0.2) is 22.7 Å². The maximum absolute atomic E-state index is 6.07. The first-order chi connectivity index (χ1) is 7.19. The number of halogens is 1. The third-order valence-corrected chi connectivity index (χ3v) is 2.80. The van der Waals surface area contributed by atoms with Crippen molar-refractivity contribution < 1.29 is 4.74 Å². The summed E-state index contributed by atoms with van der Waals surface area (Å²) in [6.45, 7) is 0.671. The van der Waals surface area contributed by atoms with Crippen LogP contribution in [0.1, 0.15) is 24.4 Å². The first kappa shape index (κ1) is 12.5. The summed E-state index contributed by atoms with van der Waals surface area (Å²) in [6.07, 6.45) is 1.81. The van der Waals surface area contributed by atoms with Crippen LogP contribution in [-0.4, -0.2) is 13.7 Å². The number of nitrogens with two attached hydrogens (primary N) is 2. The van der Waals surface area contributed by atoms with Crippen molar-refractivity contribution >= 4 is 15.9 Å². The van der Waals surface area contributed by atoms with E-state index in [1.54, 1.807) is 7.11 Å². The van der Waals surface area contributed by atoms with Crippen LogP contribution in [-0.2, 0) is 0 Å². The summed E-state index contributed by atoms with van der Waals surface area (Å²) in [5.41, 5.74) is 12.6. The van der Waals surface area contributed by atoms with E-state index >= 15 is 0 Å². The van der Waals surface area contributed by atoms with E-state index in [0.717, 1.165) is 28.6 Å². The molecule has 0 saturated carbocycles. The molecule has 0 aliphatic carbocycles. The van der Waals surface area contributed by atoms with Gasteiger partial charge in [0.2, 0.25) is 0 Å². The largest absolute Gasteiger partial charge is 0.496 e. The monoisotopic (exact) mass is 272 g/mol. The molecule has 0 spiro atoms. The van der Waals surface area contributed by atoms with Gasteiger partial charge in [-0.05, 0) is 37.6 Å². The van der Waals surface area contributed by atoms with Gasteiger partial charge < -0.3 is 16.2 Å². The minimum atomic E-state index is -0.0130. The molecule has 0 fully saturated rings. The molecule has 15 heavy (non-hydrogen) atoms. The van der Waals surface area contributed by atoms with Crippen molar-refractivity contribution in [2.45, 2.75) is 18.9 Å². The van der Waals surface area contributed by atoms with Gasteiger partial charge in [-0.1, -0.05) is 15.9 Å². The second-order valence-electron chi connectivity index (χ2n) is 3.42. The molecule has 0 amide bonds. The van der Waals surface area contributed by atoms with E-state index in [1.807, 2.05) is 18.2 Å². The molecule has 0 unspecified atom stereocenters. The standard InChI is InChI=1S/C11H17BrN2O/c1-15-11-5-4-8(12)7-9(11)10(14)3-2-6-13/h4-5,7,10H,2-3,6,13-14H2,1H3/t10-/m1/s1. The molecule has 3 nitrogen and oxygen atoms in total. The van der Waals surface area contributed by atoms with Gasteiger partial charge in [-0.15, -0.1) is 0 Å². The van der Waals surface area contributed by atoms with Crippen molar-refractivity contribution in [3.8, 4) is 5.75 Å². The van der Waals surface area contributed by atoms with Gasteiger partial charge in [0.1, 0.15) is 5.75 Å². The summed E-state index contributed by atoms with van der Waals surface area (Å²) in [4.78, 5) is 0. The molecule has 0 heterocycles. The van der Waals surface area contributed by atoms with E-state index < -0.39 is 0 Å². The lowest BCUT2D eigenvalue weighted by molar-refractivity contribution is 0.403. The van der Waals surface area contributed by atoms with Gasteiger partial charge in [0.05, 0.1) is 7.11 Å². The van der Waals surface area contributed by atoms with Gasteiger partial charge >= 0.3 is 0 Å². The number of methoxy groups -OCH3 is 1. The fourth-order valence-corrected chi connectivity index (χ4v) is 1.87. The predicted molar refractivity (Wildman–Crippen MR) is 65.9 cm³/mol. The first-order valence-corrected chi connectivity index (χ1v) is 5.77. The van der Waals surface area contributed by atoms with Gasteiger partial charge in [0.25, 0.3) is 0 Å². The normalized spacial score (nSPS) is 12.5. The molecule has 1 atom stereocenters. The smallest absolute Gasteiger partial charge is 0.123 e. The highest BCUT2D eigenvalue weighted by molar-refractivity contribution is 9.10. The zero-order valence-corrected chi connectivity index (χ0v) is 10.5. The highest BCUT2D eigenvalue weighted by Gasteiger charge is 2.11. The van der Waals surface area contributed by atoms with Crippen molar-refractivity contribution in [3.05, 3.63) is 28.2 Å². The number of hydrogen-bond acceptors (Lipinski definition) is 3. The molecule has 1 aromatic carbocycles. The van der Waals surface area contributed by atoms with Gasteiger partial charge in [0, 0.05) is 16.1 Å². The maximum atomic E-state index is 6.07. The van der Waals surface area contributed by atoms with Crippen molar-refractivity contribution in [2.24, 2.45) is 11.5 Å². The number of benzene rings is 1. The van der Waals surface area contributed by atoms with Crippen LogP contribution in [0.5, 0.6) is 5.75 Å². The van der Waals surface area contributed by atoms with Crippen LogP contribution in [0.2, 0.25) is 0 Å². The molecule has 4 heteroatoms. The number of ether oxygens (including phenoxy) is 1. The second kappa shape index (κ2) is 6.10. The summed E-state index contributed by atoms with van der Waals surface area (Å²) in [6, 6.07) is 5.85. The molecule has 0 aromatic heterocycles. The minimum Gasteiger partial charge on any atom is -0.496 e. The van der Waals surface area contributed by atoms with Crippen LogP contribution in [0, 0.1) is 0 Å². The average molecular weight is 273 g/mol. The summed E-state index contributed by atoms with van der Waals surface area (Å²) < 4.78 is 6.28. The fraction of sp³-hybridized carbons (Fsp3) is 0.455. The lowest BCUT2D eigenvalue weighted by Gasteiger charge is -2.15. The van der Waals surface area contributed by atoms with Crippen LogP contribution >= 0.6 is 15.9 Å². The Morgan fingerprint density at radius 2 is 2.20 bits per heavy atom. The third kappa shape index (κ3) is 3.48. The Morgan fingerprint density at radius 1 is 1.47 bits per heavy atom. The Balaban J connectivity index is 2.85. The SMILES string of the molecule is COc1ccc(Br)cc1[C@H](N)CCCN. The Morgan fingerprint density at radius 3 is 2.80 bits per heavy atom. The Labute approximate surface area is 98.9 Å². The zero-order chi connectivity index (χ0) is 11.3. The van der Waals surface area contributed by atoms with E-state index in [-0.39, 0.29) is 6.04 Å². The van der Waals surface area contributed by atoms with Gasteiger partial charge in [-0.25, -0.2) is 0 Å². The number of rotatable bonds is 5. The van der Waals surface area contributed by atoms with Crippen LogP contribution in [0.25, 0.3) is 0 Å². The molecule has 84 valence electrons. The molecular weight excluding hydrogens is 256 g/mol. The van der Waals surface area contributed by atoms with Crippen molar-refractivity contribution in [1.82, 2.24) is 0 Å². The summed E-state index contributed by atoms with van der Waals surface area (Å²) >= 11 is 3.43. The topological polar surface area (TPSA) is 61.3 Å². The molecule has 0 saturated heterocycles. The minimum absolute atomic E-state index is 0.0130. The van der Waals surface area contributed by atoms with Crippen LogP contribution in [0.4, 0.5) is 0 Å². The van der Waals surface area contributed by atoms with E-state index in [0.29, 0.717) is 6.54 Å². The second-order valence-corrected chi connectivity index (χ2v) is 4.34. The Kier molecular flexibility index (Phi) is 5.08. The van der Waals surface area contributed by atoms with E-state index in [4.69, 9.17) is 16.2 Å². The quantitative estimate of drug-likeness (QED) is 0.864. The Hall–Kier alpha value is -0.580. The van der Waals surface area contributed by atoms with Crippen molar-refractivity contribution in [2.75, 3.05) is 13.7 Å². The summed E-state index contributed by atoms with van der Waals surface area (Å²) in [5, 5.41) is 0.